The van der Waals surface area contributed by atoms with Crippen LogP contribution < -0.4 is 0 Å². The summed E-state index contributed by atoms with van der Waals surface area (Å²) in [5.41, 5.74) is 2.88. The van der Waals surface area contributed by atoms with Crippen molar-refractivity contribution in [2.24, 2.45) is 0 Å². The van der Waals surface area contributed by atoms with Crippen molar-refractivity contribution in [1.82, 2.24) is 4.98 Å². The summed E-state index contributed by atoms with van der Waals surface area (Å²) in [5, 5.41) is 0.627. The number of fused-ring (bicyclic) bond motifs is 1. The van der Waals surface area contributed by atoms with Gasteiger partial charge in [0.15, 0.2) is 9.84 Å². The largest absolute Gasteiger partial charge is 0.253 e. The van der Waals surface area contributed by atoms with Gasteiger partial charge in [-0.05, 0) is 65.9 Å². The molecule has 30 heavy (non-hydrogen) atoms. The summed E-state index contributed by atoms with van der Waals surface area (Å²) in [7, 11) is -3.50. The van der Waals surface area contributed by atoms with E-state index in [2.05, 4.69) is 4.98 Å². The minimum atomic E-state index is -3.50. The zero-order valence-corrected chi connectivity index (χ0v) is 16.9. The van der Waals surface area contributed by atoms with Crippen molar-refractivity contribution < 1.29 is 17.2 Å². The molecule has 1 heterocycles. The Morgan fingerprint density at radius 3 is 2.17 bits per heavy atom. The van der Waals surface area contributed by atoms with E-state index < -0.39 is 15.7 Å². The predicted molar refractivity (Wildman–Crippen MR) is 113 cm³/mol. The van der Waals surface area contributed by atoms with Crippen LogP contribution in [-0.4, -0.2) is 19.2 Å². The quantitative estimate of drug-likeness (QED) is 0.432. The maximum absolute atomic E-state index is 13.9. The lowest BCUT2D eigenvalue weighted by Crippen LogP contribution is -2.10. The van der Waals surface area contributed by atoms with Crippen molar-refractivity contribution in [1.29, 1.82) is 0 Å². The normalized spacial score (nSPS) is 11.7. The van der Waals surface area contributed by atoms with Crippen LogP contribution >= 0.6 is 0 Å². The van der Waals surface area contributed by atoms with E-state index in [4.69, 9.17) is 0 Å². The van der Waals surface area contributed by atoms with Crippen LogP contribution in [0.15, 0.2) is 83.9 Å². The molecule has 6 heteroatoms. The third kappa shape index (κ3) is 4.39. The fraction of sp³-hybridized carbons (Fsp3) is 0.125. The van der Waals surface area contributed by atoms with E-state index in [1.165, 1.54) is 24.4 Å². The molecule has 0 aliphatic rings. The molecule has 0 radical (unpaired) electrons. The molecule has 0 fully saturated rings. The Morgan fingerprint density at radius 2 is 1.47 bits per heavy atom. The lowest BCUT2D eigenvalue weighted by molar-refractivity contribution is 0.595. The third-order valence-electron chi connectivity index (χ3n) is 5.06. The van der Waals surface area contributed by atoms with Gasteiger partial charge in [-0.1, -0.05) is 36.4 Å². The number of nitrogens with zero attached hydrogens (tertiary/aromatic N) is 1. The number of aryl methyl sites for hydroxylation is 1. The molecule has 4 rings (SSSR count). The maximum atomic E-state index is 13.9. The van der Waals surface area contributed by atoms with E-state index in [9.17, 15) is 17.2 Å². The first-order valence-electron chi connectivity index (χ1n) is 9.51. The molecule has 0 unspecified atom stereocenters. The lowest BCUT2D eigenvalue weighted by Gasteiger charge is -2.09. The van der Waals surface area contributed by atoms with Gasteiger partial charge >= 0.3 is 0 Å². The highest BCUT2D eigenvalue weighted by Crippen LogP contribution is 2.22. The maximum Gasteiger partial charge on any atom is 0.178 e. The number of hydrogen-bond donors (Lipinski definition) is 0. The van der Waals surface area contributed by atoms with Crippen molar-refractivity contribution in [3.63, 3.8) is 0 Å². The second-order valence-corrected chi connectivity index (χ2v) is 9.23. The predicted octanol–water partition coefficient (Wildman–Crippen LogP) is 5.12. The molecule has 1 aromatic heterocycles. The standard InChI is InChI=1S/C24H19F2NO2S/c25-20-8-4-17(5-9-20)16-18-6-10-21(11-7-18)30(28,29)15-13-19-12-14-27-24-22(19)2-1-3-23(24)26/h1-12,14H,13,15-16H2. The number of sulfone groups is 1. The monoisotopic (exact) mass is 423 g/mol. The Hall–Kier alpha value is -3.12. The first-order valence-corrected chi connectivity index (χ1v) is 11.2. The molecule has 0 bridgehead atoms. The van der Waals surface area contributed by atoms with Gasteiger partial charge in [0.25, 0.3) is 0 Å². The van der Waals surface area contributed by atoms with Crippen molar-refractivity contribution in [3.05, 3.63) is 107 Å². The van der Waals surface area contributed by atoms with Gasteiger partial charge in [0, 0.05) is 11.6 Å². The lowest BCUT2D eigenvalue weighted by atomic mass is 10.1. The second kappa shape index (κ2) is 8.32. The minimum absolute atomic E-state index is 0.0834. The highest BCUT2D eigenvalue weighted by atomic mass is 32.2. The third-order valence-corrected chi connectivity index (χ3v) is 6.79. The molecule has 0 aliphatic carbocycles. The first-order chi connectivity index (χ1) is 14.4. The summed E-state index contributed by atoms with van der Waals surface area (Å²) in [6.45, 7) is 0. The van der Waals surface area contributed by atoms with Crippen LogP contribution in [0.1, 0.15) is 16.7 Å². The molecular weight excluding hydrogens is 404 g/mol. The molecule has 0 aliphatic heterocycles. The molecule has 4 aromatic rings. The number of halogens is 2. The average molecular weight is 423 g/mol. The number of rotatable bonds is 6. The van der Waals surface area contributed by atoms with Gasteiger partial charge in [-0.25, -0.2) is 17.2 Å². The van der Waals surface area contributed by atoms with Gasteiger partial charge in [-0.2, -0.15) is 0 Å². The van der Waals surface area contributed by atoms with E-state index in [-0.39, 0.29) is 28.4 Å². The topological polar surface area (TPSA) is 47.0 Å². The van der Waals surface area contributed by atoms with Crippen LogP contribution in [0.4, 0.5) is 8.78 Å². The number of aromatic nitrogens is 1. The molecule has 0 saturated carbocycles. The zero-order valence-electron chi connectivity index (χ0n) is 16.1. The Kier molecular flexibility index (Phi) is 5.59. The SMILES string of the molecule is O=S(=O)(CCc1ccnc2c(F)cccc12)c1ccc(Cc2ccc(F)cc2)cc1. The molecule has 0 saturated heterocycles. The Morgan fingerprint density at radius 1 is 0.800 bits per heavy atom. The molecule has 0 spiro atoms. The van der Waals surface area contributed by atoms with Crippen molar-refractivity contribution in [3.8, 4) is 0 Å². The Bertz CT molecular complexity index is 1290. The van der Waals surface area contributed by atoms with Gasteiger partial charge in [0.05, 0.1) is 10.6 Å². The molecule has 152 valence electrons. The van der Waals surface area contributed by atoms with E-state index in [1.54, 1.807) is 54.6 Å². The van der Waals surface area contributed by atoms with Crippen molar-refractivity contribution >= 4 is 20.7 Å². The zero-order chi connectivity index (χ0) is 21.1. The van der Waals surface area contributed by atoms with Crippen molar-refractivity contribution in [2.75, 3.05) is 5.75 Å². The molecule has 0 amide bonds. The molecule has 0 atom stereocenters. The van der Waals surface area contributed by atoms with E-state index >= 15 is 0 Å². The molecule has 3 aromatic carbocycles. The highest BCUT2D eigenvalue weighted by molar-refractivity contribution is 7.91. The van der Waals surface area contributed by atoms with Gasteiger partial charge in [-0.15, -0.1) is 0 Å². The van der Waals surface area contributed by atoms with Gasteiger partial charge < -0.3 is 0 Å². The summed E-state index contributed by atoms with van der Waals surface area (Å²) in [5.74, 6) is -0.793. The van der Waals surface area contributed by atoms with Crippen molar-refractivity contribution in [2.45, 2.75) is 17.7 Å². The van der Waals surface area contributed by atoms with E-state index in [0.717, 1.165) is 16.7 Å². The second-order valence-electron chi connectivity index (χ2n) is 7.12. The smallest absolute Gasteiger partial charge is 0.178 e. The van der Waals surface area contributed by atoms with Crippen LogP contribution in [-0.2, 0) is 22.7 Å². The number of hydrogen-bond acceptors (Lipinski definition) is 3. The fourth-order valence-corrected chi connectivity index (χ4v) is 4.71. The van der Waals surface area contributed by atoms with Crippen LogP contribution in [0.3, 0.4) is 0 Å². The minimum Gasteiger partial charge on any atom is -0.253 e. The summed E-state index contributed by atoms with van der Waals surface area (Å²) in [6, 6.07) is 19.4. The molecular formula is C24H19F2NO2S. The van der Waals surface area contributed by atoms with Crippen LogP contribution in [0, 0.1) is 11.6 Å². The molecule has 3 nitrogen and oxygen atoms in total. The Balaban J connectivity index is 1.49. The first kappa shape index (κ1) is 20.2. The summed E-state index contributed by atoms with van der Waals surface area (Å²) in [4.78, 5) is 4.29. The fourth-order valence-electron chi connectivity index (χ4n) is 3.43. The van der Waals surface area contributed by atoms with E-state index in [0.29, 0.717) is 11.8 Å². The van der Waals surface area contributed by atoms with Crippen LogP contribution in [0.2, 0.25) is 0 Å². The Labute approximate surface area is 173 Å². The van der Waals surface area contributed by atoms with E-state index in [1.807, 2.05) is 0 Å². The van der Waals surface area contributed by atoms with Gasteiger partial charge in [0.1, 0.15) is 17.2 Å². The average Bonchev–Trinajstić information content (AvgIpc) is 2.75. The van der Waals surface area contributed by atoms with Gasteiger partial charge in [0.2, 0.25) is 0 Å². The molecule has 0 N–H and O–H groups in total. The summed E-state index contributed by atoms with van der Waals surface area (Å²) < 4.78 is 52.5. The summed E-state index contributed by atoms with van der Waals surface area (Å²) in [6.07, 6.45) is 2.36. The number of benzene rings is 3. The van der Waals surface area contributed by atoms with Crippen LogP contribution in [0.5, 0.6) is 0 Å². The number of pyridine rings is 1. The summed E-state index contributed by atoms with van der Waals surface area (Å²) >= 11 is 0. The highest BCUT2D eigenvalue weighted by Gasteiger charge is 2.16. The van der Waals surface area contributed by atoms with Gasteiger partial charge in [-0.3, -0.25) is 4.98 Å². The number of para-hydroxylation sites is 1. The van der Waals surface area contributed by atoms with Crippen LogP contribution in [0.25, 0.3) is 10.9 Å².